The number of rotatable bonds is 4. The van der Waals surface area contributed by atoms with Crippen LogP contribution in [-0.2, 0) is 0 Å². The molecule has 0 saturated heterocycles. The molecular formula is C17H21NO. The van der Waals surface area contributed by atoms with Crippen LogP contribution in [0, 0.1) is 6.92 Å². The van der Waals surface area contributed by atoms with Crippen molar-refractivity contribution in [1.82, 2.24) is 0 Å². The number of hydrogen-bond acceptors (Lipinski definition) is 2. The number of ether oxygens (including phenoxy) is 1. The van der Waals surface area contributed by atoms with Crippen molar-refractivity contribution in [2.24, 2.45) is 5.73 Å². The third-order valence-corrected chi connectivity index (χ3v) is 3.13. The zero-order chi connectivity index (χ0) is 13.8. The monoisotopic (exact) mass is 255 g/mol. The molecule has 2 aromatic carbocycles. The first kappa shape index (κ1) is 13.6. The molecule has 100 valence electrons. The van der Waals surface area contributed by atoms with Crippen molar-refractivity contribution in [2.45, 2.75) is 32.9 Å². The number of aryl methyl sites for hydroxylation is 1. The molecule has 0 aromatic heterocycles. The molecule has 2 heteroatoms. The number of nitrogens with two attached hydrogens (primary N) is 1. The summed E-state index contributed by atoms with van der Waals surface area (Å²) in [7, 11) is 0. The minimum absolute atomic E-state index is 0.0886. The largest absolute Gasteiger partial charge is 0.491 e. The van der Waals surface area contributed by atoms with Gasteiger partial charge in [-0.1, -0.05) is 36.4 Å². The van der Waals surface area contributed by atoms with Gasteiger partial charge in [-0.15, -0.1) is 0 Å². The maximum Gasteiger partial charge on any atom is 0.119 e. The van der Waals surface area contributed by atoms with Gasteiger partial charge in [0.1, 0.15) is 5.75 Å². The smallest absolute Gasteiger partial charge is 0.119 e. The highest BCUT2D eigenvalue weighted by Crippen LogP contribution is 2.24. The van der Waals surface area contributed by atoms with Crippen molar-refractivity contribution in [3.63, 3.8) is 0 Å². The van der Waals surface area contributed by atoms with Crippen molar-refractivity contribution >= 4 is 0 Å². The van der Waals surface area contributed by atoms with Crippen LogP contribution in [0.15, 0.2) is 48.5 Å². The van der Waals surface area contributed by atoms with Gasteiger partial charge in [0.15, 0.2) is 0 Å². The summed E-state index contributed by atoms with van der Waals surface area (Å²) >= 11 is 0. The summed E-state index contributed by atoms with van der Waals surface area (Å²) in [6.45, 7) is 6.13. The van der Waals surface area contributed by atoms with Crippen molar-refractivity contribution < 1.29 is 4.74 Å². The molecule has 0 radical (unpaired) electrons. The Morgan fingerprint density at radius 2 is 1.58 bits per heavy atom. The Hall–Kier alpha value is -1.80. The third kappa shape index (κ3) is 3.36. The Kier molecular flexibility index (Phi) is 4.23. The normalized spacial score (nSPS) is 12.5. The number of hydrogen-bond donors (Lipinski definition) is 1. The average molecular weight is 255 g/mol. The molecule has 0 fully saturated rings. The fourth-order valence-corrected chi connectivity index (χ4v) is 2.14. The molecule has 2 nitrogen and oxygen atoms in total. The Labute approximate surface area is 115 Å². The Morgan fingerprint density at radius 3 is 2.16 bits per heavy atom. The first-order valence-electron chi connectivity index (χ1n) is 6.65. The second-order valence-corrected chi connectivity index (χ2v) is 5.07. The minimum atomic E-state index is -0.0886. The first-order chi connectivity index (χ1) is 9.08. The highest BCUT2D eigenvalue weighted by atomic mass is 16.5. The van der Waals surface area contributed by atoms with Gasteiger partial charge in [-0.25, -0.2) is 0 Å². The van der Waals surface area contributed by atoms with E-state index in [1.165, 1.54) is 11.1 Å². The van der Waals surface area contributed by atoms with E-state index in [1.807, 2.05) is 50.2 Å². The molecule has 1 unspecified atom stereocenters. The van der Waals surface area contributed by atoms with E-state index >= 15 is 0 Å². The van der Waals surface area contributed by atoms with E-state index in [0.29, 0.717) is 0 Å². The van der Waals surface area contributed by atoms with Crippen molar-refractivity contribution in [2.75, 3.05) is 0 Å². The van der Waals surface area contributed by atoms with Gasteiger partial charge in [0, 0.05) is 0 Å². The molecule has 19 heavy (non-hydrogen) atoms. The van der Waals surface area contributed by atoms with Gasteiger partial charge in [0.05, 0.1) is 12.1 Å². The molecule has 0 saturated carbocycles. The van der Waals surface area contributed by atoms with Crippen molar-refractivity contribution in [3.8, 4) is 5.75 Å². The SMILES string of the molecule is Cc1ccccc1C(N)c1ccc(OC(C)C)cc1. The van der Waals surface area contributed by atoms with Gasteiger partial charge in [-0.3, -0.25) is 0 Å². The van der Waals surface area contributed by atoms with Gasteiger partial charge in [-0.2, -0.15) is 0 Å². The van der Waals surface area contributed by atoms with Crippen LogP contribution in [0.1, 0.15) is 36.6 Å². The van der Waals surface area contributed by atoms with Crippen LogP contribution in [0.4, 0.5) is 0 Å². The van der Waals surface area contributed by atoms with Crippen LogP contribution in [0.25, 0.3) is 0 Å². The lowest BCUT2D eigenvalue weighted by Gasteiger charge is -2.16. The van der Waals surface area contributed by atoms with E-state index in [2.05, 4.69) is 19.1 Å². The second-order valence-electron chi connectivity index (χ2n) is 5.07. The molecule has 0 heterocycles. The van der Waals surface area contributed by atoms with E-state index in [9.17, 15) is 0 Å². The molecule has 2 N–H and O–H groups in total. The van der Waals surface area contributed by atoms with Crippen LogP contribution in [0.2, 0.25) is 0 Å². The molecule has 1 atom stereocenters. The molecule has 0 aliphatic rings. The minimum Gasteiger partial charge on any atom is -0.491 e. The van der Waals surface area contributed by atoms with Crippen LogP contribution in [0.3, 0.4) is 0 Å². The van der Waals surface area contributed by atoms with Gasteiger partial charge < -0.3 is 10.5 Å². The zero-order valence-corrected chi connectivity index (χ0v) is 11.8. The standard InChI is InChI=1S/C17H21NO/c1-12(2)19-15-10-8-14(9-11-15)17(18)16-7-5-4-6-13(16)3/h4-12,17H,18H2,1-3H3. The highest BCUT2D eigenvalue weighted by molar-refractivity contribution is 5.38. The average Bonchev–Trinajstić information content (AvgIpc) is 2.39. The lowest BCUT2D eigenvalue weighted by molar-refractivity contribution is 0.242. The highest BCUT2D eigenvalue weighted by Gasteiger charge is 2.11. The molecule has 0 aliphatic carbocycles. The molecule has 2 rings (SSSR count). The maximum absolute atomic E-state index is 6.33. The van der Waals surface area contributed by atoms with E-state index in [1.54, 1.807) is 0 Å². The molecule has 0 amide bonds. The quantitative estimate of drug-likeness (QED) is 0.901. The Balaban J connectivity index is 2.20. The van der Waals surface area contributed by atoms with Gasteiger partial charge in [0.25, 0.3) is 0 Å². The lowest BCUT2D eigenvalue weighted by Crippen LogP contribution is -2.13. The Morgan fingerprint density at radius 1 is 0.947 bits per heavy atom. The maximum atomic E-state index is 6.33. The van der Waals surface area contributed by atoms with Gasteiger partial charge in [-0.05, 0) is 49.6 Å². The molecule has 2 aromatic rings. The summed E-state index contributed by atoms with van der Waals surface area (Å²) in [6.07, 6.45) is 0.191. The summed E-state index contributed by atoms with van der Waals surface area (Å²) < 4.78 is 5.64. The zero-order valence-electron chi connectivity index (χ0n) is 11.8. The van der Waals surface area contributed by atoms with Crippen LogP contribution < -0.4 is 10.5 Å². The third-order valence-electron chi connectivity index (χ3n) is 3.13. The fraction of sp³-hybridized carbons (Fsp3) is 0.294. The first-order valence-corrected chi connectivity index (χ1v) is 6.65. The van der Waals surface area contributed by atoms with Gasteiger partial charge >= 0.3 is 0 Å². The summed E-state index contributed by atoms with van der Waals surface area (Å²) in [5.74, 6) is 0.885. The van der Waals surface area contributed by atoms with E-state index < -0.39 is 0 Å². The summed E-state index contributed by atoms with van der Waals surface area (Å²) in [5.41, 5.74) is 9.82. The fourth-order valence-electron chi connectivity index (χ4n) is 2.14. The van der Waals surface area contributed by atoms with Crippen LogP contribution in [0.5, 0.6) is 5.75 Å². The lowest BCUT2D eigenvalue weighted by atomic mass is 9.96. The molecular weight excluding hydrogens is 234 g/mol. The molecule has 0 aliphatic heterocycles. The van der Waals surface area contributed by atoms with Gasteiger partial charge in [0.2, 0.25) is 0 Å². The summed E-state index contributed by atoms with van der Waals surface area (Å²) in [6, 6.07) is 16.2. The number of benzene rings is 2. The topological polar surface area (TPSA) is 35.2 Å². The van der Waals surface area contributed by atoms with Crippen LogP contribution >= 0.6 is 0 Å². The van der Waals surface area contributed by atoms with E-state index in [4.69, 9.17) is 10.5 Å². The molecule has 0 spiro atoms. The molecule has 0 bridgehead atoms. The Bertz CT molecular complexity index is 531. The van der Waals surface area contributed by atoms with Crippen molar-refractivity contribution in [1.29, 1.82) is 0 Å². The second kappa shape index (κ2) is 5.89. The van der Waals surface area contributed by atoms with Crippen molar-refractivity contribution in [3.05, 3.63) is 65.2 Å². The predicted octanol–water partition coefficient (Wildman–Crippen LogP) is 3.83. The van der Waals surface area contributed by atoms with Crippen LogP contribution in [-0.4, -0.2) is 6.10 Å². The van der Waals surface area contributed by atoms with E-state index in [0.717, 1.165) is 11.3 Å². The van der Waals surface area contributed by atoms with E-state index in [-0.39, 0.29) is 12.1 Å². The predicted molar refractivity (Wildman–Crippen MR) is 79.4 cm³/mol. The summed E-state index contributed by atoms with van der Waals surface area (Å²) in [5, 5.41) is 0. The summed E-state index contributed by atoms with van der Waals surface area (Å²) in [4.78, 5) is 0.